The summed E-state index contributed by atoms with van der Waals surface area (Å²) in [7, 11) is 5.95. The maximum atomic E-state index is 13.0. The van der Waals surface area contributed by atoms with Crippen LogP contribution in [0.4, 0.5) is 0 Å². The van der Waals surface area contributed by atoms with Crippen LogP contribution in [0, 0.1) is 0 Å². The standard InChI is InChI=1S/C92H141NO8/c1-6-8-10-12-14-16-18-20-22-24-26-28-30-32-34-36-38-40-42-44-45-47-49-51-53-55-57-59-61-63-65-67-69-71-73-75-77-79-81-83-90(95)101-88(87-100-92(91(96)97)98-85-84-93(3,4)5)86-99-89(94)82-80-78-76-74-72-70-68-66-64-62-60-58-56-54-52-50-48-46-43-41-39-37-35-33-31-29-27-25-23-21-19-17-15-13-11-9-7-2/h8-11,14-17,20-23,26-29,32-35,38-41,44-46,48-49,51-52,54-55,57-58,60-61,63-64,66,88,92H,6-7,12-13,18-19,24-25,30-31,36-37,42-43,47,50,53,56,59,62,65,67-87H2,1-5H3/p+1/b10-8-,11-9-,16-14-,17-15-,22-20-,23-21-,28-26-,29-27-,34-32-,35-33-,40-38-,41-39-,45-44-,48-46-,51-49-,54-52-,57-55-,60-58-,63-61-,66-64-. The van der Waals surface area contributed by atoms with Gasteiger partial charge in [-0.3, -0.25) is 9.59 Å². The van der Waals surface area contributed by atoms with Crippen LogP contribution in [0.5, 0.6) is 0 Å². The molecule has 2 unspecified atom stereocenters. The fraction of sp³-hybridized carbons (Fsp3) is 0.533. The molecule has 101 heavy (non-hydrogen) atoms. The number of carboxylic acid groups (broad SMARTS) is 1. The van der Waals surface area contributed by atoms with E-state index in [-0.39, 0.29) is 38.6 Å². The lowest BCUT2D eigenvalue weighted by molar-refractivity contribution is -0.870. The number of carbonyl (C=O) groups excluding carboxylic acids is 2. The van der Waals surface area contributed by atoms with Gasteiger partial charge in [0.05, 0.1) is 34.4 Å². The topological polar surface area (TPSA) is 108 Å². The highest BCUT2D eigenvalue weighted by molar-refractivity contribution is 5.71. The first-order valence-corrected chi connectivity index (χ1v) is 39.2. The molecule has 0 aliphatic carbocycles. The number of hydrogen-bond donors (Lipinski definition) is 1. The predicted molar refractivity (Wildman–Crippen MR) is 437 cm³/mol. The second-order valence-corrected chi connectivity index (χ2v) is 26.2. The molecule has 0 rings (SSSR count). The molecule has 1 N–H and O–H groups in total. The Hall–Kier alpha value is -6.91. The van der Waals surface area contributed by atoms with Gasteiger partial charge in [-0.1, -0.05) is 321 Å². The molecule has 2 atom stereocenters. The van der Waals surface area contributed by atoms with Crippen molar-refractivity contribution in [2.45, 2.75) is 270 Å². The molecule has 0 saturated heterocycles. The summed E-state index contributed by atoms with van der Waals surface area (Å²) in [5, 5.41) is 9.77. The summed E-state index contributed by atoms with van der Waals surface area (Å²) in [6.45, 7) is 4.59. The van der Waals surface area contributed by atoms with E-state index in [1.165, 1.54) is 25.7 Å². The molecular formula is C92H142NO8+. The Morgan fingerprint density at radius 1 is 0.297 bits per heavy atom. The van der Waals surface area contributed by atoms with Crippen LogP contribution in [0.25, 0.3) is 0 Å². The van der Waals surface area contributed by atoms with Gasteiger partial charge in [0.25, 0.3) is 6.29 Å². The van der Waals surface area contributed by atoms with Crippen molar-refractivity contribution in [3.05, 3.63) is 243 Å². The van der Waals surface area contributed by atoms with E-state index in [4.69, 9.17) is 18.9 Å². The summed E-state index contributed by atoms with van der Waals surface area (Å²) in [5.74, 6) is -2.06. The molecule has 0 aromatic heterocycles. The molecule has 0 heterocycles. The lowest BCUT2D eigenvalue weighted by Gasteiger charge is -2.25. The lowest BCUT2D eigenvalue weighted by Crippen LogP contribution is -2.40. The Labute approximate surface area is 618 Å². The third-order valence-corrected chi connectivity index (χ3v) is 15.6. The van der Waals surface area contributed by atoms with Gasteiger partial charge in [-0.05, 0) is 167 Å². The van der Waals surface area contributed by atoms with E-state index in [0.29, 0.717) is 23.9 Å². The molecule has 0 amide bonds. The fourth-order valence-electron chi connectivity index (χ4n) is 9.72. The minimum Gasteiger partial charge on any atom is -0.477 e. The molecule has 9 heteroatoms. The minimum absolute atomic E-state index is 0.170. The number of quaternary nitrogens is 1. The largest absolute Gasteiger partial charge is 0.477 e. The van der Waals surface area contributed by atoms with Gasteiger partial charge in [0.2, 0.25) is 0 Å². The predicted octanol–water partition coefficient (Wildman–Crippen LogP) is 25.6. The monoisotopic (exact) mass is 1390 g/mol. The first-order chi connectivity index (χ1) is 49.6. The van der Waals surface area contributed by atoms with Crippen LogP contribution in [0.1, 0.15) is 258 Å². The van der Waals surface area contributed by atoms with Gasteiger partial charge in [-0.2, -0.15) is 0 Å². The van der Waals surface area contributed by atoms with Crippen LogP contribution in [-0.2, 0) is 33.3 Å². The lowest BCUT2D eigenvalue weighted by atomic mass is 10.1. The molecule has 0 spiro atoms. The maximum absolute atomic E-state index is 13.0. The van der Waals surface area contributed by atoms with Crippen molar-refractivity contribution < 1.29 is 42.9 Å². The van der Waals surface area contributed by atoms with E-state index < -0.39 is 24.3 Å². The summed E-state index contributed by atoms with van der Waals surface area (Å²) in [6.07, 6.45) is 124. The number of carbonyl (C=O) groups is 3. The normalized spacial score (nSPS) is 14.0. The molecule has 0 saturated carbocycles. The third kappa shape index (κ3) is 80.3. The number of allylic oxidation sites excluding steroid dienone is 40. The van der Waals surface area contributed by atoms with Crippen molar-refractivity contribution in [2.75, 3.05) is 47.5 Å². The first kappa shape index (κ1) is 94.1. The zero-order valence-electron chi connectivity index (χ0n) is 64.2. The molecule has 0 aromatic carbocycles. The van der Waals surface area contributed by atoms with Gasteiger partial charge in [-0.15, -0.1) is 0 Å². The number of likely N-dealkylation sites (N-methyl/N-ethyl adjacent to an activating group) is 1. The van der Waals surface area contributed by atoms with E-state index >= 15 is 0 Å². The van der Waals surface area contributed by atoms with Gasteiger partial charge < -0.3 is 28.5 Å². The van der Waals surface area contributed by atoms with Crippen LogP contribution < -0.4 is 0 Å². The number of hydrogen-bond acceptors (Lipinski definition) is 7. The summed E-state index contributed by atoms with van der Waals surface area (Å²) in [6, 6.07) is 0. The van der Waals surface area contributed by atoms with Crippen LogP contribution in [-0.4, -0.2) is 87.4 Å². The summed E-state index contributed by atoms with van der Waals surface area (Å²) in [5.41, 5.74) is 0. The van der Waals surface area contributed by atoms with Crippen LogP contribution in [0.15, 0.2) is 243 Å². The Morgan fingerprint density at radius 3 is 0.792 bits per heavy atom. The van der Waals surface area contributed by atoms with Crippen LogP contribution in [0.2, 0.25) is 0 Å². The van der Waals surface area contributed by atoms with Crippen LogP contribution >= 0.6 is 0 Å². The van der Waals surface area contributed by atoms with E-state index in [2.05, 4.69) is 257 Å². The number of esters is 2. The van der Waals surface area contributed by atoms with Gasteiger partial charge in [0.1, 0.15) is 13.2 Å². The maximum Gasteiger partial charge on any atom is 0.361 e. The molecular weight excluding hydrogens is 1250 g/mol. The Balaban J connectivity index is 4.23. The first-order valence-electron chi connectivity index (χ1n) is 39.2. The molecule has 0 aliphatic rings. The van der Waals surface area contributed by atoms with E-state index in [1.54, 1.807) is 0 Å². The highest BCUT2D eigenvalue weighted by Crippen LogP contribution is 2.15. The van der Waals surface area contributed by atoms with E-state index in [1.807, 2.05) is 21.1 Å². The molecule has 9 nitrogen and oxygen atoms in total. The second-order valence-electron chi connectivity index (χ2n) is 26.2. The quantitative estimate of drug-likeness (QED) is 0.0211. The minimum atomic E-state index is -1.53. The van der Waals surface area contributed by atoms with Crippen molar-refractivity contribution in [1.82, 2.24) is 0 Å². The summed E-state index contributed by atoms with van der Waals surface area (Å²) < 4.78 is 23.0. The van der Waals surface area contributed by atoms with E-state index in [9.17, 15) is 19.5 Å². The number of ether oxygens (including phenoxy) is 4. The summed E-state index contributed by atoms with van der Waals surface area (Å²) in [4.78, 5) is 37.7. The van der Waals surface area contributed by atoms with Crippen molar-refractivity contribution in [2.24, 2.45) is 0 Å². The second kappa shape index (κ2) is 78.8. The van der Waals surface area contributed by atoms with Crippen molar-refractivity contribution in [1.29, 1.82) is 0 Å². The molecule has 0 aromatic rings. The molecule has 0 bridgehead atoms. The zero-order valence-corrected chi connectivity index (χ0v) is 64.2. The molecule has 0 fully saturated rings. The molecule has 0 radical (unpaired) electrons. The van der Waals surface area contributed by atoms with E-state index in [0.717, 1.165) is 193 Å². The van der Waals surface area contributed by atoms with Gasteiger partial charge in [0.15, 0.2) is 6.10 Å². The highest BCUT2D eigenvalue weighted by Gasteiger charge is 2.25. The molecule has 562 valence electrons. The van der Waals surface area contributed by atoms with Gasteiger partial charge >= 0.3 is 17.9 Å². The zero-order chi connectivity index (χ0) is 73.2. The average molecular weight is 1390 g/mol. The number of unbranched alkanes of at least 4 members (excludes halogenated alkanes) is 14. The SMILES string of the molecule is CC/C=C\C/C=C\C/C=C\C/C=C\C/C=C\C/C=C\C/C=C\C/C=C\C/C=C\C/C=C\CCCCCCCCCCC(=O)OC(COC(=O)CCCCCCCC/C=C\C/C=C\C/C=C\C/C=C\C/C=C\C/C=C\C/C=C\C/C=C\C/C=C\C/C=C\CC)COC(OCC[N+](C)(C)C)C(=O)O. The van der Waals surface area contributed by atoms with Gasteiger partial charge in [0, 0.05) is 12.8 Å². The number of aliphatic carboxylic acids is 1. The Kier molecular flexibility index (Phi) is 73.4. The smallest absolute Gasteiger partial charge is 0.361 e. The summed E-state index contributed by atoms with van der Waals surface area (Å²) >= 11 is 0. The van der Waals surface area contributed by atoms with Crippen molar-refractivity contribution >= 4 is 17.9 Å². The van der Waals surface area contributed by atoms with Crippen molar-refractivity contribution in [3.63, 3.8) is 0 Å². The highest BCUT2D eigenvalue weighted by atomic mass is 16.7. The fourth-order valence-corrected chi connectivity index (χ4v) is 9.72. The van der Waals surface area contributed by atoms with Crippen LogP contribution in [0.3, 0.4) is 0 Å². The molecule has 0 aliphatic heterocycles. The van der Waals surface area contributed by atoms with Gasteiger partial charge in [-0.25, -0.2) is 4.79 Å². The Bertz CT molecular complexity index is 2570. The average Bonchev–Trinajstić information content (AvgIpc) is 1.21. The van der Waals surface area contributed by atoms with Crippen molar-refractivity contribution in [3.8, 4) is 0 Å². The number of nitrogens with zero attached hydrogens (tertiary/aromatic N) is 1. The number of rotatable bonds is 69. The number of carboxylic acids is 1. The third-order valence-electron chi connectivity index (χ3n) is 15.6. The Morgan fingerprint density at radius 2 is 0.535 bits per heavy atom.